The Morgan fingerprint density at radius 2 is 0.885 bits per heavy atom. The van der Waals surface area contributed by atoms with Crippen molar-refractivity contribution >= 4 is 58.9 Å². The molecule has 0 saturated carbocycles. The number of rotatable bonds is 10. The molecule has 0 aliphatic rings. The molecule has 2 amide bonds. The number of hydrogen-bond donors (Lipinski definition) is 2. The summed E-state index contributed by atoms with van der Waals surface area (Å²) < 4.78 is 0. The maximum atomic E-state index is 9.38. The molecule has 0 aliphatic heterocycles. The summed E-state index contributed by atoms with van der Waals surface area (Å²) in [6.07, 6.45) is 0.910. The number of halogens is 2. The molecule has 0 bridgehead atoms. The van der Waals surface area contributed by atoms with Crippen LogP contribution in [0.1, 0.15) is 101 Å². The van der Waals surface area contributed by atoms with Gasteiger partial charge in [-0.2, -0.15) is 12.1 Å². The van der Waals surface area contributed by atoms with Gasteiger partial charge < -0.3 is 10.5 Å². The Morgan fingerprint density at radius 3 is 1.21 bits per heavy atom. The van der Waals surface area contributed by atoms with Gasteiger partial charge in [-0.15, -0.1) is 69.1 Å². The molecular formula is C44H50BCl2N2O2Zr. The van der Waals surface area contributed by atoms with Crippen molar-refractivity contribution in [3.63, 3.8) is 0 Å². The molecule has 0 spiro atoms. The van der Waals surface area contributed by atoms with Gasteiger partial charge in [-0.1, -0.05) is 127 Å². The number of carbonyl (C=O) groups is 2. The Labute approximate surface area is 330 Å². The van der Waals surface area contributed by atoms with Crippen LogP contribution in [0.4, 0.5) is 0 Å². The molecule has 0 atom stereocenters. The predicted molar refractivity (Wildman–Crippen MR) is 222 cm³/mol. The molecule has 6 aromatic rings. The van der Waals surface area contributed by atoms with E-state index in [0.717, 1.165) is 7.55 Å². The van der Waals surface area contributed by atoms with Crippen LogP contribution >= 0.6 is 17.0 Å². The van der Waals surface area contributed by atoms with Crippen molar-refractivity contribution in [2.75, 3.05) is 0 Å². The van der Waals surface area contributed by atoms with E-state index in [0.29, 0.717) is 36.5 Å². The molecule has 2 N–H and O–H groups in total. The van der Waals surface area contributed by atoms with Crippen LogP contribution in [0.2, 0.25) is 0 Å². The van der Waals surface area contributed by atoms with Crippen LogP contribution in [0.15, 0.2) is 109 Å². The number of fused-ring (bicyclic) bond motifs is 2. The van der Waals surface area contributed by atoms with E-state index < -0.39 is 20.8 Å². The molecule has 0 unspecified atom stereocenters. The first kappa shape index (κ1) is 43.0. The van der Waals surface area contributed by atoms with E-state index in [1.54, 1.807) is 0 Å². The minimum absolute atomic E-state index is 0.455. The van der Waals surface area contributed by atoms with Crippen LogP contribution < -0.4 is 10.5 Å². The van der Waals surface area contributed by atoms with Gasteiger partial charge in [0.2, 0.25) is 0 Å². The van der Waals surface area contributed by atoms with E-state index >= 15 is 0 Å². The van der Waals surface area contributed by atoms with Crippen molar-refractivity contribution in [1.29, 1.82) is 0 Å². The Morgan fingerprint density at radius 1 is 0.538 bits per heavy atom. The molecule has 269 valence electrons. The van der Waals surface area contributed by atoms with Gasteiger partial charge in [0.25, 0.3) is 0 Å². The van der Waals surface area contributed by atoms with E-state index in [1.807, 2.05) is 0 Å². The summed E-state index contributed by atoms with van der Waals surface area (Å²) in [5.41, 5.74) is 11.2. The van der Waals surface area contributed by atoms with Gasteiger partial charge in [0.1, 0.15) is 0 Å². The zero-order valence-electron chi connectivity index (χ0n) is 31.5. The van der Waals surface area contributed by atoms with Gasteiger partial charge in [-0.25, -0.2) is 0 Å². The summed E-state index contributed by atoms with van der Waals surface area (Å²) in [5, 5.41) is 9.68. The van der Waals surface area contributed by atoms with E-state index in [4.69, 9.17) is 17.0 Å². The Kier molecular flexibility index (Phi) is 18.1. The standard InChI is InChI=1S/2C21H23.C2H4BN2O2.2ClH.Zr/c2*1-14(2)17-12-16-8-7-11-20(21(16)13-17)19-10-6-5-9-18(19)15(3)4;6-1-4-3-5-2-7;;;/h2*5-15H,1-4H3;1-2H,(H,4,6)(H,5,7);2*1H;/q2*-1;;;;+4/p-2. The minimum atomic E-state index is -0.826. The summed E-state index contributed by atoms with van der Waals surface area (Å²) in [5.74, 6) is 2.23. The van der Waals surface area contributed by atoms with Gasteiger partial charge in [0.15, 0.2) is 12.8 Å². The second kappa shape index (κ2) is 21.9. The molecule has 4 nitrogen and oxygen atoms in total. The number of carbonyl (C=O) groups excluding carboxylic acids is 2. The predicted octanol–water partition coefficient (Wildman–Crippen LogP) is 12.3. The van der Waals surface area contributed by atoms with Crippen LogP contribution in [-0.4, -0.2) is 20.4 Å². The summed E-state index contributed by atoms with van der Waals surface area (Å²) in [6, 6.07) is 40.3. The van der Waals surface area contributed by atoms with Crippen LogP contribution in [0, 0.1) is 0 Å². The fourth-order valence-electron chi connectivity index (χ4n) is 6.26. The van der Waals surface area contributed by atoms with Gasteiger partial charge >= 0.3 is 45.4 Å². The number of benzene rings is 4. The number of nitrogens with one attached hydrogen (secondary N) is 2. The molecule has 6 rings (SSSR count). The van der Waals surface area contributed by atoms with E-state index in [1.165, 1.54) is 66.1 Å². The fraction of sp³-hybridized carbons (Fsp3) is 0.273. The van der Waals surface area contributed by atoms with E-state index in [-0.39, 0.29) is 0 Å². The summed E-state index contributed by atoms with van der Waals surface area (Å²) in [4.78, 5) is 18.8. The Balaban J connectivity index is 0.000000224. The first-order chi connectivity index (χ1) is 25.0. The van der Waals surface area contributed by atoms with Crippen molar-refractivity contribution in [3.8, 4) is 22.3 Å². The van der Waals surface area contributed by atoms with Gasteiger partial charge in [-0.05, 0) is 45.9 Å². The van der Waals surface area contributed by atoms with E-state index in [2.05, 4.69) is 175 Å². The third-order valence-corrected chi connectivity index (χ3v) is 8.93. The molecule has 52 heavy (non-hydrogen) atoms. The average molecular weight is 812 g/mol. The van der Waals surface area contributed by atoms with E-state index in [9.17, 15) is 9.59 Å². The normalized spacial score (nSPS) is 10.5. The van der Waals surface area contributed by atoms with Crippen molar-refractivity contribution in [3.05, 3.63) is 131 Å². The van der Waals surface area contributed by atoms with Crippen molar-refractivity contribution in [2.24, 2.45) is 0 Å². The molecule has 8 heteroatoms. The molecule has 0 fully saturated rings. The Hall–Kier alpha value is -3.43. The van der Waals surface area contributed by atoms with Crippen LogP contribution in [0.5, 0.6) is 0 Å². The molecular weight excluding hydrogens is 761 g/mol. The van der Waals surface area contributed by atoms with Gasteiger partial charge in [-0.3, -0.25) is 9.59 Å². The van der Waals surface area contributed by atoms with Crippen LogP contribution in [0.25, 0.3) is 43.8 Å². The third kappa shape index (κ3) is 11.8. The number of amides is 2. The number of hydrogen-bond acceptors (Lipinski definition) is 2. The third-order valence-electron chi connectivity index (χ3n) is 8.93. The second-order valence-corrected chi connectivity index (χ2v) is 17.5. The average Bonchev–Trinajstić information content (AvgIpc) is 3.79. The molecule has 0 saturated heterocycles. The summed E-state index contributed by atoms with van der Waals surface area (Å²) in [7, 11) is 11.0. The fourth-order valence-corrected chi connectivity index (χ4v) is 6.26. The maximum absolute atomic E-state index is 9.38. The molecule has 0 aromatic heterocycles. The summed E-state index contributed by atoms with van der Waals surface area (Å²) in [6.45, 7) is 18.1. The van der Waals surface area contributed by atoms with Gasteiger partial charge in [0, 0.05) is 0 Å². The summed E-state index contributed by atoms with van der Waals surface area (Å²) >= 11 is -0.826. The SMILES string of the molecule is CC(C)c1cc2c(-c3ccccc3C(C)C)cccc2[cH-]1.CC(C)c1cc2c(-c3ccccc3C(C)C)cccc2[cH-]1.O=CN[B]NC=O.[Cl][Zr+2][Cl]. The van der Waals surface area contributed by atoms with Gasteiger partial charge in [0.05, 0.1) is 0 Å². The van der Waals surface area contributed by atoms with Crippen LogP contribution in [-0.2, 0) is 30.4 Å². The zero-order valence-corrected chi connectivity index (χ0v) is 35.5. The first-order valence-electron chi connectivity index (χ1n) is 17.7. The topological polar surface area (TPSA) is 58.2 Å². The van der Waals surface area contributed by atoms with Crippen molar-refractivity contribution in [1.82, 2.24) is 10.5 Å². The monoisotopic (exact) mass is 809 g/mol. The van der Waals surface area contributed by atoms with Crippen LogP contribution in [0.3, 0.4) is 0 Å². The molecule has 0 heterocycles. The molecule has 1 radical (unpaired) electrons. The molecule has 0 aliphatic carbocycles. The van der Waals surface area contributed by atoms with Crippen molar-refractivity contribution in [2.45, 2.75) is 79.1 Å². The molecule has 6 aromatic carbocycles. The van der Waals surface area contributed by atoms with Crippen molar-refractivity contribution < 1.29 is 30.4 Å². The second-order valence-electron chi connectivity index (χ2n) is 13.8. The Bertz CT molecular complexity index is 1860. The quantitative estimate of drug-likeness (QED) is 0.0627. The zero-order chi connectivity index (χ0) is 38.2. The first-order valence-corrected chi connectivity index (χ1v) is 24.1.